The fraction of sp³-hybridized carbons (Fsp3) is 0.700. The maximum absolute atomic E-state index is 10.3. The van der Waals surface area contributed by atoms with E-state index in [0.29, 0.717) is 12.6 Å². The molecule has 4 nitrogen and oxygen atoms in total. The number of nitrogens with zero attached hydrogens (tertiary/aromatic N) is 1. The van der Waals surface area contributed by atoms with E-state index in [4.69, 9.17) is 5.11 Å². The normalized spacial score (nSPS) is 24.1. The molecular formula is C10H18N2O2. The van der Waals surface area contributed by atoms with Crippen LogP contribution in [0, 0.1) is 0 Å². The number of nitrogens with one attached hydrogen (secondary N) is 1. The lowest BCUT2D eigenvalue weighted by Gasteiger charge is -2.12. The summed E-state index contributed by atoms with van der Waals surface area (Å²) in [5, 5.41) is 11.8. The smallest absolute Gasteiger partial charge is 0.328 e. The Labute approximate surface area is 84.6 Å². The summed E-state index contributed by atoms with van der Waals surface area (Å²) < 4.78 is 0. The van der Waals surface area contributed by atoms with E-state index >= 15 is 0 Å². The van der Waals surface area contributed by atoms with Crippen molar-refractivity contribution in [3.05, 3.63) is 11.6 Å². The van der Waals surface area contributed by atoms with Crippen molar-refractivity contribution in [3.63, 3.8) is 0 Å². The minimum Gasteiger partial charge on any atom is -0.478 e. The van der Waals surface area contributed by atoms with E-state index in [0.717, 1.165) is 25.1 Å². The van der Waals surface area contributed by atoms with E-state index in [1.54, 1.807) is 0 Å². The second-order valence-electron chi connectivity index (χ2n) is 3.96. The molecule has 0 aliphatic carbocycles. The fourth-order valence-electron chi connectivity index (χ4n) is 1.67. The maximum atomic E-state index is 10.3. The van der Waals surface area contributed by atoms with E-state index in [9.17, 15) is 4.79 Å². The molecule has 0 radical (unpaired) electrons. The molecule has 80 valence electrons. The minimum absolute atomic E-state index is 0.511. The summed E-state index contributed by atoms with van der Waals surface area (Å²) in [6.07, 6.45) is 2.41. The molecule has 0 bridgehead atoms. The number of carboxylic acids is 1. The van der Waals surface area contributed by atoms with Gasteiger partial charge in [0.25, 0.3) is 0 Å². The molecule has 1 unspecified atom stereocenters. The molecule has 1 saturated heterocycles. The summed E-state index contributed by atoms with van der Waals surface area (Å²) in [5.74, 6) is -0.868. The highest BCUT2D eigenvalue weighted by molar-refractivity contribution is 5.80. The van der Waals surface area contributed by atoms with Crippen molar-refractivity contribution in [2.75, 3.05) is 26.7 Å². The summed E-state index contributed by atoms with van der Waals surface area (Å²) in [5.41, 5.74) is 0.868. The van der Waals surface area contributed by atoms with Crippen molar-refractivity contribution in [1.29, 1.82) is 0 Å². The average molecular weight is 198 g/mol. The SMILES string of the molecule is CC(=CC(=O)O)CNC1CCN(C)C1. The lowest BCUT2D eigenvalue weighted by molar-refractivity contribution is -0.131. The molecule has 0 aromatic carbocycles. The van der Waals surface area contributed by atoms with E-state index in [1.807, 2.05) is 6.92 Å². The Bertz CT molecular complexity index is 238. The van der Waals surface area contributed by atoms with Crippen LogP contribution < -0.4 is 5.32 Å². The Balaban J connectivity index is 2.23. The molecule has 0 amide bonds. The van der Waals surface area contributed by atoms with Crippen LogP contribution in [-0.4, -0.2) is 48.7 Å². The number of likely N-dealkylation sites (N-methyl/N-ethyl adjacent to an activating group) is 1. The lowest BCUT2D eigenvalue weighted by Crippen LogP contribution is -2.32. The number of carbonyl (C=O) groups is 1. The highest BCUT2D eigenvalue weighted by Gasteiger charge is 2.18. The Morgan fingerprint density at radius 3 is 2.93 bits per heavy atom. The van der Waals surface area contributed by atoms with Gasteiger partial charge in [0.15, 0.2) is 0 Å². The van der Waals surface area contributed by atoms with Gasteiger partial charge in [0, 0.05) is 25.2 Å². The van der Waals surface area contributed by atoms with Crippen LogP contribution in [0.25, 0.3) is 0 Å². The van der Waals surface area contributed by atoms with Gasteiger partial charge in [-0.25, -0.2) is 4.79 Å². The van der Waals surface area contributed by atoms with E-state index < -0.39 is 5.97 Å². The maximum Gasteiger partial charge on any atom is 0.328 e. The number of hydrogen-bond acceptors (Lipinski definition) is 3. The Kier molecular flexibility index (Phi) is 4.10. The van der Waals surface area contributed by atoms with Crippen LogP contribution in [0.15, 0.2) is 11.6 Å². The molecule has 0 spiro atoms. The molecule has 1 rings (SSSR count). The van der Waals surface area contributed by atoms with Gasteiger partial charge in [-0.2, -0.15) is 0 Å². The van der Waals surface area contributed by atoms with Crippen LogP contribution in [0.3, 0.4) is 0 Å². The van der Waals surface area contributed by atoms with Gasteiger partial charge in [-0.15, -0.1) is 0 Å². The highest BCUT2D eigenvalue weighted by Crippen LogP contribution is 2.06. The van der Waals surface area contributed by atoms with Crippen molar-refractivity contribution in [1.82, 2.24) is 10.2 Å². The average Bonchev–Trinajstić information content (AvgIpc) is 2.47. The Morgan fingerprint density at radius 2 is 2.43 bits per heavy atom. The zero-order chi connectivity index (χ0) is 10.6. The molecular weight excluding hydrogens is 180 g/mol. The van der Waals surface area contributed by atoms with E-state index in [1.165, 1.54) is 6.08 Å². The zero-order valence-corrected chi connectivity index (χ0v) is 8.79. The molecule has 1 aliphatic rings. The highest BCUT2D eigenvalue weighted by atomic mass is 16.4. The molecule has 1 fully saturated rings. The topological polar surface area (TPSA) is 52.6 Å². The Morgan fingerprint density at radius 1 is 1.71 bits per heavy atom. The summed E-state index contributed by atoms with van der Waals surface area (Å²) in [7, 11) is 2.10. The first-order valence-corrected chi connectivity index (χ1v) is 4.90. The van der Waals surface area contributed by atoms with Crippen LogP contribution in [-0.2, 0) is 4.79 Å². The first-order chi connectivity index (χ1) is 6.58. The third-order valence-electron chi connectivity index (χ3n) is 2.43. The first-order valence-electron chi connectivity index (χ1n) is 4.90. The van der Waals surface area contributed by atoms with Gasteiger partial charge < -0.3 is 15.3 Å². The molecule has 2 N–H and O–H groups in total. The molecule has 1 aliphatic heterocycles. The van der Waals surface area contributed by atoms with Gasteiger partial charge in [-0.3, -0.25) is 0 Å². The van der Waals surface area contributed by atoms with Crippen molar-refractivity contribution in [2.24, 2.45) is 0 Å². The summed E-state index contributed by atoms with van der Waals surface area (Å²) >= 11 is 0. The number of hydrogen-bond donors (Lipinski definition) is 2. The second-order valence-corrected chi connectivity index (χ2v) is 3.96. The number of carboxylic acid groups (broad SMARTS) is 1. The van der Waals surface area contributed by atoms with Gasteiger partial charge >= 0.3 is 5.97 Å². The van der Waals surface area contributed by atoms with Gasteiger partial charge in [0.1, 0.15) is 0 Å². The molecule has 0 aromatic rings. The second kappa shape index (κ2) is 5.12. The fourth-order valence-corrected chi connectivity index (χ4v) is 1.67. The number of aliphatic carboxylic acids is 1. The molecule has 0 saturated carbocycles. The van der Waals surface area contributed by atoms with Gasteiger partial charge in [-0.1, -0.05) is 5.57 Å². The first kappa shape index (κ1) is 11.2. The Hall–Kier alpha value is -0.870. The van der Waals surface area contributed by atoms with Crippen LogP contribution in [0.2, 0.25) is 0 Å². The summed E-state index contributed by atoms with van der Waals surface area (Å²) in [6, 6.07) is 0.511. The van der Waals surface area contributed by atoms with E-state index in [2.05, 4.69) is 17.3 Å². The van der Waals surface area contributed by atoms with Crippen molar-refractivity contribution in [2.45, 2.75) is 19.4 Å². The quantitative estimate of drug-likeness (QED) is 0.638. The molecule has 1 heterocycles. The van der Waals surface area contributed by atoms with Crippen LogP contribution in [0.1, 0.15) is 13.3 Å². The zero-order valence-electron chi connectivity index (χ0n) is 8.79. The van der Waals surface area contributed by atoms with Crippen molar-refractivity contribution in [3.8, 4) is 0 Å². The van der Waals surface area contributed by atoms with Crippen molar-refractivity contribution < 1.29 is 9.90 Å². The van der Waals surface area contributed by atoms with E-state index in [-0.39, 0.29) is 0 Å². The van der Waals surface area contributed by atoms with Gasteiger partial charge in [0.2, 0.25) is 0 Å². The third kappa shape index (κ3) is 3.89. The predicted octanol–water partition coefficient (Wildman–Crippen LogP) is 0.311. The number of likely N-dealkylation sites (tertiary alicyclic amines) is 1. The molecule has 4 heteroatoms. The minimum atomic E-state index is -0.868. The van der Waals surface area contributed by atoms with Gasteiger partial charge in [0.05, 0.1) is 0 Å². The largest absolute Gasteiger partial charge is 0.478 e. The summed E-state index contributed by atoms with van der Waals surface area (Å²) in [6.45, 7) is 4.68. The van der Waals surface area contributed by atoms with Crippen molar-refractivity contribution >= 4 is 5.97 Å². The predicted molar refractivity (Wildman–Crippen MR) is 55.3 cm³/mol. The molecule has 0 aromatic heterocycles. The van der Waals surface area contributed by atoms with Crippen LogP contribution in [0.4, 0.5) is 0 Å². The lowest BCUT2D eigenvalue weighted by atomic mass is 10.2. The van der Waals surface area contributed by atoms with Crippen LogP contribution in [0.5, 0.6) is 0 Å². The van der Waals surface area contributed by atoms with Gasteiger partial charge in [-0.05, 0) is 26.9 Å². The molecule has 1 atom stereocenters. The summed E-state index contributed by atoms with van der Waals surface area (Å²) in [4.78, 5) is 12.6. The monoisotopic (exact) mass is 198 g/mol. The molecule has 14 heavy (non-hydrogen) atoms. The standard InChI is InChI=1S/C10H18N2O2/c1-8(5-10(13)14)6-11-9-3-4-12(2)7-9/h5,9,11H,3-4,6-7H2,1-2H3,(H,13,14). The van der Waals surface area contributed by atoms with Crippen LogP contribution >= 0.6 is 0 Å². The number of rotatable bonds is 4. The third-order valence-corrected chi connectivity index (χ3v) is 2.43.